The number of esters is 1. The van der Waals surface area contributed by atoms with E-state index < -0.39 is 99.8 Å². The average molecular weight is 831 g/mol. The molecule has 5 N–H and O–H groups in total. The third-order valence-electron chi connectivity index (χ3n) is 11.3. The Balaban J connectivity index is 1.78. The molecule has 0 aliphatic carbocycles. The number of cyclic esters (lactones) is 1. The van der Waals surface area contributed by atoms with Gasteiger partial charge in [-0.2, -0.15) is 4.31 Å². The maximum atomic E-state index is 14.1. The highest BCUT2D eigenvalue weighted by molar-refractivity contribution is 7.89. The predicted molar refractivity (Wildman–Crippen MR) is 208 cm³/mol. The lowest BCUT2D eigenvalue weighted by molar-refractivity contribution is -0.293. The summed E-state index contributed by atoms with van der Waals surface area (Å²) in [6, 6.07) is 9.33. The first-order valence-electron chi connectivity index (χ1n) is 19.2. The molecule has 0 unspecified atom stereocenters. The minimum atomic E-state index is -4.15. The highest BCUT2D eigenvalue weighted by Gasteiger charge is 2.51. The lowest BCUT2D eigenvalue weighted by Crippen LogP contribution is -2.61. The van der Waals surface area contributed by atoms with Gasteiger partial charge in [0.05, 0.1) is 40.8 Å². The molecule has 2 aliphatic heterocycles. The highest BCUT2D eigenvalue weighted by atomic mass is 35.5. The van der Waals surface area contributed by atoms with E-state index in [1.54, 1.807) is 34.6 Å². The lowest BCUT2D eigenvalue weighted by atomic mass is 9.78. The van der Waals surface area contributed by atoms with Crippen LogP contribution in [0.2, 0.25) is 5.02 Å². The molecule has 2 aromatic rings. The van der Waals surface area contributed by atoms with E-state index in [1.165, 1.54) is 73.7 Å². The van der Waals surface area contributed by atoms with Gasteiger partial charge in [0.1, 0.15) is 29.4 Å². The van der Waals surface area contributed by atoms with Gasteiger partial charge in [-0.15, -0.1) is 0 Å². The Morgan fingerprint density at radius 3 is 2.21 bits per heavy atom. The smallest absolute Gasteiger partial charge is 0.311 e. The number of likely N-dealkylation sites (N-methyl/N-ethyl adjacent to an activating group) is 1. The van der Waals surface area contributed by atoms with Crippen LogP contribution in [0.15, 0.2) is 53.4 Å². The van der Waals surface area contributed by atoms with Crippen molar-refractivity contribution in [3.8, 4) is 5.75 Å². The van der Waals surface area contributed by atoms with Crippen molar-refractivity contribution in [3.63, 3.8) is 0 Å². The zero-order valence-corrected chi connectivity index (χ0v) is 35.2. The van der Waals surface area contributed by atoms with Gasteiger partial charge < -0.3 is 44.7 Å². The third kappa shape index (κ3) is 10.6. The summed E-state index contributed by atoms with van der Waals surface area (Å²) in [7, 11) is -2.74. The maximum absolute atomic E-state index is 14.1. The van der Waals surface area contributed by atoms with Crippen LogP contribution in [0.3, 0.4) is 0 Å². The first kappa shape index (κ1) is 46.3. The fourth-order valence-electron chi connectivity index (χ4n) is 7.95. The van der Waals surface area contributed by atoms with Gasteiger partial charge >= 0.3 is 5.97 Å². The van der Waals surface area contributed by atoms with Crippen LogP contribution in [0.1, 0.15) is 74.7 Å². The van der Waals surface area contributed by atoms with E-state index in [2.05, 4.69) is 5.32 Å². The monoisotopic (exact) mass is 830 g/mol. The first-order chi connectivity index (χ1) is 26.0. The van der Waals surface area contributed by atoms with Crippen molar-refractivity contribution in [1.29, 1.82) is 0 Å². The summed E-state index contributed by atoms with van der Waals surface area (Å²) in [4.78, 5) is 13.6. The standard InChI is InChI=1S/C40H60ClFN2O11S/c1-10-32-40(8,49)35(46)26(6)43-21-22(2)20-39(7,48)36(24(4)33(45)25(5)37(47)54-32)55-38-34(53-29-15-13-28(42)14-16-29)31(19-23(3)52-38)44(9)56(50,51)30-17-11-27(41)12-18-30/h11-18,22-26,31-36,38,43,45-46,48-49H,10,19-21H2,1-9H3/t22-,23-,24+,25-,26-,31+,32-,33+,34-,35-,36-,38+,39-,40-/m1/s1. The summed E-state index contributed by atoms with van der Waals surface area (Å²) in [5.74, 6) is -3.58. The Kier molecular flexibility index (Phi) is 15.4. The SMILES string of the molecule is CC[C@H]1OC(=O)[C@H](C)[C@@H](O)[C@H](C)[C@@H](O[C@@H]2O[C@H](C)C[C@H](N(C)S(=O)(=O)c3ccc(Cl)cc3)[C@H]2Oc2ccc(F)cc2)[C@](C)(O)C[C@@H](C)CN[C@H](C)[C@@H](O)[C@]1(C)O. The molecule has 13 nitrogen and oxygen atoms in total. The van der Waals surface area contributed by atoms with Crippen LogP contribution in [0.4, 0.5) is 4.39 Å². The molecule has 14 atom stereocenters. The molecule has 2 aliphatic rings. The molecule has 56 heavy (non-hydrogen) atoms. The van der Waals surface area contributed by atoms with Gasteiger partial charge in [-0.05, 0) is 115 Å². The van der Waals surface area contributed by atoms with Gasteiger partial charge in [0.25, 0.3) is 0 Å². The molecule has 2 aromatic carbocycles. The minimum absolute atomic E-state index is 0.0137. The number of rotatable bonds is 8. The van der Waals surface area contributed by atoms with Gasteiger partial charge in [-0.25, -0.2) is 12.8 Å². The van der Waals surface area contributed by atoms with Crippen LogP contribution in [-0.2, 0) is 29.0 Å². The van der Waals surface area contributed by atoms with Crippen molar-refractivity contribution in [1.82, 2.24) is 9.62 Å². The topological polar surface area (TPSA) is 184 Å². The van der Waals surface area contributed by atoms with E-state index in [-0.39, 0.29) is 35.8 Å². The van der Waals surface area contributed by atoms with Crippen LogP contribution < -0.4 is 10.1 Å². The quantitative estimate of drug-likeness (QED) is 0.239. The Morgan fingerprint density at radius 1 is 1.02 bits per heavy atom. The number of benzene rings is 2. The number of nitrogens with zero attached hydrogens (tertiary/aromatic N) is 1. The Hall–Kier alpha value is -2.44. The molecule has 4 rings (SSSR count). The van der Waals surface area contributed by atoms with E-state index in [4.69, 9.17) is 30.5 Å². The lowest BCUT2D eigenvalue weighted by Gasteiger charge is -2.47. The summed E-state index contributed by atoms with van der Waals surface area (Å²) in [5.41, 5.74) is -3.56. The van der Waals surface area contributed by atoms with Crippen LogP contribution in [0, 0.1) is 23.6 Å². The largest absolute Gasteiger partial charge is 0.483 e. The van der Waals surface area contributed by atoms with Crippen LogP contribution in [-0.4, -0.2) is 119 Å². The molecular weight excluding hydrogens is 771 g/mol. The first-order valence-corrected chi connectivity index (χ1v) is 21.0. The molecule has 0 saturated carbocycles. The van der Waals surface area contributed by atoms with Crippen LogP contribution in [0.25, 0.3) is 0 Å². The number of sulfonamides is 1. The van der Waals surface area contributed by atoms with Gasteiger partial charge in [-0.1, -0.05) is 32.4 Å². The Bertz CT molecular complexity index is 1700. The molecule has 0 radical (unpaired) electrons. The second-order valence-corrected chi connectivity index (χ2v) is 18.6. The summed E-state index contributed by atoms with van der Waals surface area (Å²) in [6.45, 7) is 13.3. The number of aliphatic hydroxyl groups is 4. The molecule has 316 valence electrons. The summed E-state index contributed by atoms with van der Waals surface area (Å²) < 4.78 is 68.5. The van der Waals surface area contributed by atoms with Crippen LogP contribution >= 0.6 is 11.6 Å². The number of carbonyl (C=O) groups excluding carboxylic acids is 1. The number of hydrogen-bond donors (Lipinski definition) is 5. The Labute approximate surface area is 335 Å². The van der Waals surface area contributed by atoms with E-state index >= 15 is 0 Å². The van der Waals surface area contributed by atoms with Crippen molar-refractivity contribution >= 4 is 27.6 Å². The minimum Gasteiger partial charge on any atom is -0.483 e. The van der Waals surface area contributed by atoms with E-state index in [9.17, 15) is 38.0 Å². The molecule has 2 saturated heterocycles. The zero-order valence-electron chi connectivity index (χ0n) is 33.6. The van der Waals surface area contributed by atoms with Crippen LogP contribution in [0.5, 0.6) is 5.75 Å². The Morgan fingerprint density at radius 2 is 1.62 bits per heavy atom. The van der Waals surface area contributed by atoms with Gasteiger partial charge in [0.15, 0.2) is 12.4 Å². The van der Waals surface area contributed by atoms with Crippen molar-refractivity contribution in [2.24, 2.45) is 17.8 Å². The van der Waals surface area contributed by atoms with Crippen molar-refractivity contribution in [3.05, 3.63) is 59.4 Å². The summed E-state index contributed by atoms with van der Waals surface area (Å²) in [5, 5.41) is 50.3. The average Bonchev–Trinajstić information content (AvgIpc) is 3.14. The number of ether oxygens (including phenoxy) is 4. The van der Waals surface area contributed by atoms with Gasteiger partial charge in [0.2, 0.25) is 10.0 Å². The molecule has 16 heteroatoms. The normalized spacial score (nSPS) is 38.3. The van der Waals surface area contributed by atoms with Crippen molar-refractivity contribution in [2.45, 2.75) is 146 Å². The van der Waals surface area contributed by atoms with Crippen molar-refractivity contribution < 1.29 is 57.0 Å². The summed E-state index contributed by atoms with van der Waals surface area (Å²) >= 11 is 6.06. The molecule has 0 spiro atoms. The third-order valence-corrected chi connectivity index (χ3v) is 13.5. The molecular formula is C40H60ClFN2O11S. The second-order valence-electron chi connectivity index (χ2n) is 16.2. The van der Waals surface area contributed by atoms with Gasteiger partial charge in [-0.3, -0.25) is 4.79 Å². The number of halogens is 2. The molecule has 0 amide bonds. The number of carbonyl (C=O) groups is 1. The van der Waals surface area contributed by atoms with E-state index in [0.29, 0.717) is 11.6 Å². The zero-order chi connectivity index (χ0) is 41.9. The van der Waals surface area contributed by atoms with Gasteiger partial charge in [0, 0.05) is 24.0 Å². The highest BCUT2D eigenvalue weighted by Crippen LogP contribution is 2.38. The number of aliphatic hydroxyl groups excluding tert-OH is 2. The van der Waals surface area contributed by atoms with Crippen molar-refractivity contribution in [2.75, 3.05) is 13.6 Å². The molecule has 2 heterocycles. The maximum Gasteiger partial charge on any atom is 0.311 e. The molecule has 0 bridgehead atoms. The summed E-state index contributed by atoms with van der Waals surface area (Å²) in [6.07, 6.45) is -7.92. The van der Waals surface area contributed by atoms with E-state index in [0.717, 1.165) is 0 Å². The number of nitrogens with one attached hydrogen (secondary N) is 1. The van der Waals surface area contributed by atoms with E-state index in [1.807, 2.05) is 6.92 Å². The fraction of sp³-hybridized carbons (Fsp3) is 0.675. The number of hydrogen-bond acceptors (Lipinski definition) is 12. The fourth-order valence-corrected chi connectivity index (χ4v) is 9.45. The molecule has 0 aromatic heterocycles. The second kappa shape index (κ2) is 18.6. The predicted octanol–water partition coefficient (Wildman–Crippen LogP) is 4.27. The molecule has 2 fully saturated rings.